The van der Waals surface area contributed by atoms with Gasteiger partial charge in [-0.2, -0.15) is 10.2 Å². The summed E-state index contributed by atoms with van der Waals surface area (Å²) in [5.74, 6) is 0.768. The fourth-order valence-electron chi connectivity index (χ4n) is 4.16. The Labute approximate surface area is 195 Å². The zero-order valence-corrected chi connectivity index (χ0v) is 18.7. The summed E-state index contributed by atoms with van der Waals surface area (Å²) in [6.07, 6.45) is 9.03. The highest BCUT2D eigenvalue weighted by Gasteiger charge is 2.10. The Kier molecular flexibility index (Phi) is 5.03. The summed E-state index contributed by atoms with van der Waals surface area (Å²) >= 11 is 0. The second-order valence-corrected chi connectivity index (χ2v) is 8.40. The molecule has 8 heteroatoms. The summed E-state index contributed by atoms with van der Waals surface area (Å²) < 4.78 is 9.38. The number of anilines is 1. The van der Waals surface area contributed by atoms with Crippen molar-refractivity contribution < 1.29 is 4.42 Å². The molecule has 8 nitrogen and oxygen atoms in total. The van der Waals surface area contributed by atoms with E-state index in [4.69, 9.17) is 4.42 Å². The molecule has 4 aromatic heterocycles. The molecule has 4 heterocycles. The highest BCUT2D eigenvalue weighted by atomic mass is 16.3. The first-order valence-electron chi connectivity index (χ1n) is 11.2. The van der Waals surface area contributed by atoms with Crippen LogP contribution in [0.2, 0.25) is 0 Å². The molecule has 6 rings (SSSR count). The molecule has 0 unspecified atom stereocenters. The maximum Gasteiger partial charge on any atom is 0.186 e. The number of rotatable bonds is 7. The van der Waals surface area contributed by atoms with Crippen LogP contribution in [-0.2, 0) is 19.6 Å². The van der Waals surface area contributed by atoms with Crippen LogP contribution in [0.4, 0.5) is 5.82 Å². The van der Waals surface area contributed by atoms with Crippen LogP contribution in [0, 0.1) is 6.92 Å². The van der Waals surface area contributed by atoms with E-state index < -0.39 is 0 Å². The van der Waals surface area contributed by atoms with Gasteiger partial charge in [0.05, 0.1) is 24.7 Å². The van der Waals surface area contributed by atoms with Crippen molar-refractivity contribution in [1.29, 1.82) is 0 Å². The van der Waals surface area contributed by atoms with Gasteiger partial charge in [-0.3, -0.25) is 9.36 Å². The van der Waals surface area contributed by atoms with Gasteiger partial charge in [-0.25, -0.2) is 9.97 Å². The van der Waals surface area contributed by atoms with E-state index in [1.165, 1.54) is 16.7 Å². The highest BCUT2D eigenvalue weighted by molar-refractivity contribution is 5.86. The van der Waals surface area contributed by atoms with Crippen LogP contribution in [0.5, 0.6) is 0 Å². The molecule has 0 fully saturated rings. The Morgan fingerprint density at radius 3 is 2.59 bits per heavy atom. The average molecular weight is 450 g/mol. The lowest BCUT2D eigenvalue weighted by Crippen LogP contribution is -2.03. The number of hydrogen-bond acceptors (Lipinski definition) is 6. The van der Waals surface area contributed by atoms with Crippen LogP contribution < -0.4 is 5.32 Å². The fourth-order valence-corrected chi connectivity index (χ4v) is 4.16. The maximum atomic E-state index is 5.56. The maximum absolute atomic E-state index is 5.56. The molecule has 0 amide bonds. The van der Waals surface area contributed by atoms with E-state index in [0.29, 0.717) is 18.7 Å². The fraction of sp³-hybridized carbons (Fsp3) is 0.154. The van der Waals surface area contributed by atoms with Gasteiger partial charge >= 0.3 is 0 Å². The van der Waals surface area contributed by atoms with Crippen LogP contribution in [-0.4, -0.2) is 29.5 Å². The first-order valence-corrected chi connectivity index (χ1v) is 11.2. The van der Waals surface area contributed by atoms with E-state index in [0.717, 1.165) is 34.3 Å². The zero-order chi connectivity index (χ0) is 22.9. The Hall–Kier alpha value is -4.46. The van der Waals surface area contributed by atoms with Crippen molar-refractivity contribution in [1.82, 2.24) is 29.5 Å². The van der Waals surface area contributed by atoms with Crippen molar-refractivity contribution in [2.24, 2.45) is 0 Å². The van der Waals surface area contributed by atoms with E-state index in [1.54, 1.807) is 18.8 Å². The minimum atomic E-state index is 0.636. The smallest absolute Gasteiger partial charge is 0.186 e. The van der Waals surface area contributed by atoms with Gasteiger partial charge in [-0.15, -0.1) is 0 Å². The number of furan rings is 1. The molecule has 0 saturated heterocycles. The molecule has 0 atom stereocenters. The molecule has 2 aromatic carbocycles. The van der Waals surface area contributed by atoms with Crippen molar-refractivity contribution in [3.63, 3.8) is 0 Å². The van der Waals surface area contributed by atoms with Crippen molar-refractivity contribution in [3.8, 4) is 0 Å². The average Bonchev–Trinajstić information content (AvgIpc) is 3.59. The molecule has 0 aliphatic carbocycles. The van der Waals surface area contributed by atoms with Gasteiger partial charge in [-0.1, -0.05) is 24.3 Å². The van der Waals surface area contributed by atoms with Crippen LogP contribution >= 0.6 is 0 Å². The standard InChI is InChI=1S/C26H23N7O/c1-18-11-21-7-10-34-24(21)12-22(18)13-27-25-23-16-33(31-26(23)29-17-28-25)15-20-5-3-19(4-6-20)14-32-9-2-8-30-32/h2-12,16-17H,13-15H2,1H3,(H,27,28,29,31). The lowest BCUT2D eigenvalue weighted by atomic mass is 10.1. The summed E-state index contributed by atoms with van der Waals surface area (Å²) in [5.41, 5.74) is 6.31. The predicted molar refractivity (Wildman–Crippen MR) is 130 cm³/mol. The first kappa shape index (κ1) is 20.2. The summed E-state index contributed by atoms with van der Waals surface area (Å²) in [4.78, 5) is 8.82. The topological polar surface area (TPSA) is 86.6 Å². The summed E-state index contributed by atoms with van der Waals surface area (Å²) in [5, 5.41) is 14.4. The summed E-state index contributed by atoms with van der Waals surface area (Å²) in [6.45, 7) is 4.16. The van der Waals surface area contributed by atoms with Crippen molar-refractivity contribution in [3.05, 3.63) is 102 Å². The third-order valence-corrected chi connectivity index (χ3v) is 5.99. The van der Waals surface area contributed by atoms with Crippen molar-refractivity contribution in [2.45, 2.75) is 26.6 Å². The SMILES string of the molecule is Cc1cc2ccoc2cc1CNc1ncnc2nn(Cc3ccc(Cn4cccn4)cc3)cc12. The number of hydrogen-bond donors (Lipinski definition) is 1. The second-order valence-electron chi connectivity index (χ2n) is 8.40. The van der Waals surface area contributed by atoms with Crippen molar-refractivity contribution in [2.75, 3.05) is 5.32 Å². The monoisotopic (exact) mass is 449 g/mol. The van der Waals surface area contributed by atoms with E-state index >= 15 is 0 Å². The van der Waals surface area contributed by atoms with Crippen molar-refractivity contribution >= 4 is 27.8 Å². The van der Waals surface area contributed by atoms with E-state index in [2.05, 4.69) is 68.8 Å². The lowest BCUT2D eigenvalue weighted by molar-refractivity contribution is 0.615. The second kappa shape index (κ2) is 8.47. The van der Waals surface area contributed by atoms with Crippen LogP contribution in [0.15, 0.2) is 84.1 Å². The van der Waals surface area contributed by atoms with Crippen LogP contribution in [0.3, 0.4) is 0 Å². The summed E-state index contributed by atoms with van der Waals surface area (Å²) in [6, 6.07) is 16.7. The van der Waals surface area contributed by atoms with Gasteiger partial charge in [0.15, 0.2) is 5.65 Å². The first-order chi connectivity index (χ1) is 16.7. The number of fused-ring (bicyclic) bond motifs is 2. The molecule has 6 aromatic rings. The van der Waals surface area contributed by atoms with E-state index in [1.807, 2.05) is 33.9 Å². The molecule has 168 valence electrons. The van der Waals surface area contributed by atoms with Gasteiger partial charge in [-0.05, 0) is 53.4 Å². The Morgan fingerprint density at radius 2 is 1.79 bits per heavy atom. The Morgan fingerprint density at radius 1 is 0.971 bits per heavy atom. The largest absolute Gasteiger partial charge is 0.464 e. The minimum absolute atomic E-state index is 0.636. The third kappa shape index (κ3) is 4.01. The quantitative estimate of drug-likeness (QED) is 0.377. The zero-order valence-electron chi connectivity index (χ0n) is 18.7. The van der Waals surface area contributed by atoms with Gasteiger partial charge in [0.1, 0.15) is 17.7 Å². The summed E-state index contributed by atoms with van der Waals surface area (Å²) in [7, 11) is 0. The normalized spacial score (nSPS) is 11.4. The predicted octanol–water partition coefficient (Wildman–Crippen LogP) is 4.79. The number of nitrogens with one attached hydrogen (secondary N) is 1. The molecule has 34 heavy (non-hydrogen) atoms. The number of benzene rings is 2. The third-order valence-electron chi connectivity index (χ3n) is 5.99. The minimum Gasteiger partial charge on any atom is -0.464 e. The Balaban J connectivity index is 1.18. The number of nitrogens with zero attached hydrogens (tertiary/aromatic N) is 6. The van der Waals surface area contributed by atoms with E-state index in [9.17, 15) is 0 Å². The molecule has 1 N–H and O–H groups in total. The van der Waals surface area contributed by atoms with Gasteiger partial charge in [0.2, 0.25) is 0 Å². The van der Waals surface area contributed by atoms with Crippen LogP contribution in [0.1, 0.15) is 22.3 Å². The van der Waals surface area contributed by atoms with Gasteiger partial charge < -0.3 is 9.73 Å². The van der Waals surface area contributed by atoms with Crippen LogP contribution in [0.25, 0.3) is 22.0 Å². The molecule has 0 aliphatic heterocycles. The number of aryl methyl sites for hydroxylation is 1. The molecule has 0 saturated carbocycles. The molecule has 0 radical (unpaired) electrons. The van der Waals surface area contributed by atoms with Gasteiger partial charge in [0, 0.05) is 30.5 Å². The molecular formula is C26H23N7O. The highest BCUT2D eigenvalue weighted by Crippen LogP contribution is 2.23. The number of aromatic nitrogens is 6. The lowest BCUT2D eigenvalue weighted by Gasteiger charge is -2.09. The molecule has 0 spiro atoms. The Bertz CT molecular complexity index is 1560. The molecule has 0 bridgehead atoms. The van der Waals surface area contributed by atoms with Gasteiger partial charge in [0.25, 0.3) is 0 Å². The van der Waals surface area contributed by atoms with E-state index in [-0.39, 0.29) is 0 Å². The molecule has 0 aliphatic rings. The molecular weight excluding hydrogens is 426 g/mol.